The van der Waals surface area contributed by atoms with Gasteiger partial charge < -0.3 is 9.64 Å². The predicted molar refractivity (Wildman–Crippen MR) is 84.9 cm³/mol. The molecular weight excluding hydrogens is 286 g/mol. The van der Waals surface area contributed by atoms with E-state index in [2.05, 4.69) is 10.3 Å². The van der Waals surface area contributed by atoms with Crippen molar-refractivity contribution in [2.45, 2.75) is 25.9 Å². The monoisotopic (exact) mass is 305 g/mol. The normalized spacial score (nSPS) is 18.9. The second-order valence-corrected chi connectivity index (χ2v) is 6.11. The number of nitrogens with one attached hydrogen (secondary N) is 1. The molecule has 1 N–H and O–H groups in total. The number of hydrogen-bond donors (Lipinski definition) is 1. The number of fused-ring (bicyclic) bond motifs is 1. The molecule has 5 nitrogen and oxygen atoms in total. The highest BCUT2D eigenvalue weighted by atomic mass is 32.1. The molecule has 6 heteroatoms. The van der Waals surface area contributed by atoms with Crippen LogP contribution >= 0.6 is 11.3 Å². The quantitative estimate of drug-likeness (QED) is 0.946. The van der Waals surface area contributed by atoms with Crippen molar-refractivity contribution in [1.82, 2.24) is 9.88 Å². The van der Waals surface area contributed by atoms with Crippen molar-refractivity contribution in [3.05, 3.63) is 24.3 Å². The largest absolute Gasteiger partial charge is 0.377 e. The fourth-order valence-electron chi connectivity index (χ4n) is 2.59. The predicted octanol–water partition coefficient (Wildman–Crippen LogP) is 3.33. The van der Waals surface area contributed by atoms with Gasteiger partial charge in [0.15, 0.2) is 5.13 Å². The van der Waals surface area contributed by atoms with Gasteiger partial charge in [0.2, 0.25) is 0 Å². The molecule has 0 spiro atoms. The summed E-state index contributed by atoms with van der Waals surface area (Å²) >= 11 is 1.50. The van der Waals surface area contributed by atoms with Gasteiger partial charge in [-0.2, -0.15) is 0 Å². The molecule has 0 saturated carbocycles. The van der Waals surface area contributed by atoms with Gasteiger partial charge in [-0.05, 0) is 31.9 Å². The number of piperidine rings is 1. The zero-order chi connectivity index (χ0) is 14.7. The highest BCUT2D eigenvalue weighted by Gasteiger charge is 2.24. The van der Waals surface area contributed by atoms with E-state index in [0.29, 0.717) is 18.3 Å². The van der Waals surface area contributed by atoms with E-state index in [1.54, 1.807) is 0 Å². The third-order valence-electron chi connectivity index (χ3n) is 3.58. The number of nitrogens with zero attached hydrogens (tertiary/aromatic N) is 2. The maximum absolute atomic E-state index is 12.3. The Bertz CT molecular complexity index is 593. The molecule has 2 aromatic rings. The molecule has 1 aromatic heterocycles. The summed E-state index contributed by atoms with van der Waals surface area (Å²) in [5.74, 6) is 0. The lowest BCUT2D eigenvalue weighted by Gasteiger charge is -2.32. The number of rotatable bonds is 3. The molecule has 21 heavy (non-hydrogen) atoms. The first kappa shape index (κ1) is 14.3. The first-order chi connectivity index (χ1) is 10.3. The maximum atomic E-state index is 12.3. The first-order valence-electron chi connectivity index (χ1n) is 7.29. The lowest BCUT2D eigenvalue weighted by atomic mass is 10.1. The van der Waals surface area contributed by atoms with Gasteiger partial charge >= 0.3 is 6.03 Å². The number of likely N-dealkylation sites (tertiary alicyclic amines) is 1. The summed E-state index contributed by atoms with van der Waals surface area (Å²) in [6, 6.07) is 7.80. The Balaban J connectivity index is 1.65. The number of para-hydroxylation sites is 1. The highest BCUT2D eigenvalue weighted by molar-refractivity contribution is 7.22. The Hall–Kier alpha value is -1.66. The molecule has 0 bridgehead atoms. The van der Waals surface area contributed by atoms with Crippen LogP contribution in [-0.4, -0.2) is 41.7 Å². The molecule has 1 atom stereocenters. The number of carbonyl (C=O) groups excluding carboxylic acids is 1. The number of ether oxygens (including phenoxy) is 1. The Morgan fingerprint density at radius 3 is 3.19 bits per heavy atom. The average molecular weight is 305 g/mol. The summed E-state index contributed by atoms with van der Waals surface area (Å²) in [5.41, 5.74) is 0.920. The van der Waals surface area contributed by atoms with E-state index in [9.17, 15) is 4.79 Å². The smallest absolute Gasteiger partial charge is 0.323 e. The minimum Gasteiger partial charge on any atom is -0.377 e. The Labute approximate surface area is 127 Å². The van der Waals surface area contributed by atoms with Crippen molar-refractivity contribution < 1.29 is 9.53 Å². The number of amides is 2. The van der Waals surface area contributed by atoms with E-state index in [4.69, 9.17) is 4.74 Å². The number of carbonyl (C=O) groups is 1. The number of aromatic nitrogens is 1. The molecule has 2 amide bonds. The van der Waals surface area contributed by atoms with E-state index in [0.717, 1.165) is 29.6 Å². The van der Waals surface area contributed by atoms with Crippen LogP contribution in [0.3, 0.4) is 0 Å². The Morgan fingerprint density at radius 2 is 2.38 bits per heavy atom. The molecule has 1 aliphatic rings. The van der Waals surface area contributed by atoms with Gasteiger partial charge in [0.05, 0.1) is 16.3 Å². The van der Waals surface area contributed by atoms with Crippen LogP contribution in [0.5, 0.6) is 0 Å². The van der Waals surface area contributed by atoms with Gasteiger partial charge in [-0.25, -0.2) is 9.78 Å². The van der Waals surface area contributed by atoms with E-state index in [1.807, 2.05) is 36.1 Å². The molecule has 112 valence electrons. The van der Waals surface area contributed by atoms with Crippen molar-refractivity contribution >= 4 is 32.7 Å². The third-order valence-corrected chi connectivity index (χ3v) is 4.53. The van der Waals surface area contributed by atoms with Crippen molar-refractivity contribution in [3.63, 3.8) is 0 Å². The topological polar surface area (TPSA) is 54.5 Å². The zero-order valence-corrected chi connectivity index (χ0v) is 12.9. The zero-order valence-electron chi connectivity index (χ0n) is 12.0. The van der Waals surface area contributed by atoms with Gasteiger partial charge in [-0.3, -0.25) is 5.32 Å². The van der Waals surface area contributed by atoms with E-state index < -0.39 is 0 Å². The molecular formula is C15H19N3O2S. The number of thiazole rings is 1. The van der Waals surface area contributed by atoms with Crippen LogP contribution in [-0.2, 0) is 4.74 Å². The SMILES string of the molecule is CCOC1CCCN(C(=O)Nc2nc3ccccc3s2)C1. The lowest BCUT2D eigenvalue weighted by molar-refractivity contribution is 0.0181. The minimum absolute atomic E-state index is 0.0848. The number of anilines is 1. The third kappa shape index (κ3) is 3.33. The summed E-state index contributed by atoms with van der Waals surface area (Å²) in [7, 11) is 0. The van der Waals surface area contributed by atoms with Crippen LogP contribution in [0, 0.1) is 0 Å². The van der Waals surface area contributed by atoms with Crippen molar-refractivity contribution in [1.29, 1.82) is 0 Å². The summed E-state index contributed by atoms with van der Waals surface area (Å²) in [6.45, 7) is 4.11. The number of hydrogen-bond acceptors (Lipinski definition) is 4. The minimum atomic E-state index is -0.0848. The van der Waals surface area contributed by atoms with Gasteiger partial charge in [0, 0.05) is 19.7 Å². The fraction of sp³-hybridized carbons (Fsp3) is 0.467. The van der Waals surface area contributed by atoms with Crippen LogP contribution in [0.25, 0.3) is 10.2 Å². The summed E-state index contributed by atoms with van der Waals surface area (Å²) in [4.78, 5) is 18.6. The molecule has 1 aliphatic heterocycles. The molecule has 1 unspecified atom stereocenters. The lowest BCUT2D eigenvalue weighted by Crippen LogP contribution is -2.45. The van der Waals surface area contributed by atoms with Crippen molar-refractivity contribution in [3.8, 4) is 0 Å². The summed E-state index contributed by atoms with van der Waals surface area (Å²) in [5, 5.41) is 3.56. The Morgan fingerprint density at radius 1 is 1.52 bits per heavy atom. The van der Waals surface area contributed by atoms with E-state index in [1.165, 1.54) is 11.3 Å². The molecule has 3 rings (SSSR count). The van der Waals surface area contributed by atoms with Gasteiger partial charge in [0.25, 0.3) is 0 Å². The standard InChI is InChI=1S/C15H19N3O2S/c1-2-20-11-6-5-9-18(10-11)15(19)17-14-16-12-7-3-4-8-13(12)21-14/h3-4,7-8,11H,2,5-6,9-10H2,1H3,(H,16,17,19). The summed E-state index contributed by atoms with van der Waals surface area (Å²) in [6.07, 6.45) is 2.17. The van der Waals surface area contributed by atoms with Gasteiger partial charge in [0.1, 0.15) is 0 Å². The highest BCUT2D eigenvalue weighted by Crippen LogP contribution is 2.26. The Kier molecular flexibility index (Phi) is 4.36. The van der Waals surface area contributed by atoms with Crippen LogP contribution in [0.1, 0.15) is 19.8 Å². The molecule has 1 saturated heterocycles. The average Bonchev–Trinajstić information content (AvgIpc) is 2.90. The van der Waals surface area contributed by atoms with Crippen molar-refractivity contribution in [2.24, 2.45) is 0 Å². The number of benzene rings is 1. The maximum Gasteiger partial charge on any atom is 0.323 e. The molecule has 2 heterocycles. The summed E-state index contributed by atoms with van der Waals surface area (Å²) < 4.78 is 6.71. The van der Waals surface area contributed by atoms with Gasteiger partial charge in [-0.1, -0.05) is 23.5 Å². The molecule has 1 aromatic carbocycles. The fourth-order valence-corrected chi connectivity index (χ4v) is 3.45. The van der Waals surface area contributed by atoms with Crippen LogP contribution in [0.15, 0.2) is 24.3 Å². The van der Waals surface area contributed by atoms with E-state index >= 15 is 0 Å². The van der Waals surface area contributed by atoms with Crippen molar-refractivity contribution in [2.75, 3.05) is 25.0 Å². The molecule has 0 aliphatic carbocycles. The second-order valence-electron chi connectivity index (χ2n) is 5.08. The van der Waals surface area contributed by atoms with Gasteiger partial charge in [-0.15, -0.1) is 0 Å². The van der Waals surface area contributed by atoms with Crippen LogP contribution < -0.4 is 5.32 Å². The number of urea groups is 1. The second kappa shape index (κ2) is 6.41. The van der Waals surface area contributed by atoms with Crippen LogP contribution in [0.4, 0.5) is 9.93 Å². The first-order valence-corrected chi connectivity index (χ1v) is 8.11. The van der Waals surface area contributed by atoms with E-state index in [-0.39, 0.29) is 12.1 Å². The molecule has 0 radical (unpaired) electrons. The molecule has 1 fully saturated rings. The van der Waals surface area contributed by atoms with Crippen LogP contribution in [0.2, 0.25) is 0 Å².